The van der Waals surface area contributed by atoms with Crippen LogP contribution in [0.25, 0.3) is 0 Å². The quantitative estimate of drug-likeness (QED) is 0.812. The summed E-state index contributed by atoms with van der Waals surface area (Å²) < 4.78 is 40.2. The van der Waals surface area contributed by atoms with Gasteiger partial charge in [-0.05, 0) is 52.3 Å². The Morgan fingerprint density at radius 1 is 1.24 bits per heavy atom. The number of nitrogens with one attached hydrogen (secondary N) is 1. The zero-order chi connectivity index (χ0) is 15.6. The molecule has 8 heteroatoms. The van der Waals surface area contributed by atoms with Crippen molar-refractivity contribution in [3.8, 4) is 6.07 Å². The summed E-state index contributed by atoms with van der Waals surface area (Å²) in [7, 11) is -3.93. The van der Waals surface area contributed by atoms with E-state index in [1.165, 1.54) is 24.3 Å². The summed E-state index contributed by atoms with van der Waals surface area (Å²) in [6.45, 7) is 0. The van der Waals surface area contributed by atoms with Crippen molar-refractivity contribution >= 4 is 37.3 Å². The lowest BCUT2D eigenvalue weighted by molar-refractivity contribution is 0.600. The third-order valence-corrected chi connectivity index (χ3v) is 4.93. The summed E-state index contributed by atoms with van der Waals surface area (Å²) in [5.74, 6) is -0.622. The molecule has 21 heavy (non-hydrogen) atoms. The van der Waals surface area contributed by atoms with E-state index in [1.54, 1.807) is 6.07 Å². The first-order valence-electron chi connectivity index (χ1n) is 5.61. The zero-order valence-corrected chi connectivity index (χ0v) is 12.9. The molecule has 0 aromatic heterocycles. The van der Waals surface area contributed by atoms with Crippen molar-refractivity contribution in [3.05, 3.63) is 52.3 Å². The molecule has 0 atom stereocenters. The molecule has 0 unspecified atom stereocenters. The molecule has 0 bridgehead atoms. The summed E-state index contributed by atoms with van der Waals surface area (Å²) in [6.07, 6.45) is 0. The fourth-order valence-electron chi connectivity index (χ4n) is 1.63. The maximum absolute atomic E-state index is 13.0. The van der Waals surface area contributed by atoms with Gasteiger partial charge in [-0.1, -0.05) is 0 Å². The lowest BCUT2D eigenvalue weighted by Crippen LogP contribution is -2.14. The van der Waals surface area contributed by atoms with Crippen LogP contribution in [-0.4, -0.2) is 8.42 Å². The minimum absolute atomic E-state index is 0.00243. The number of nitrogens with zero attached hydrogens (tertiary/aromatic N) is 1. The fourth-order valence-corrected chi connectivity index (χ4v) is 3.81. The van der Waals surface area contributed by atoms with Crippen molar-refractivity contribution in [2.45, 2.75) is 4.90 Å². The van der Waals surface area contributed by atoms with E-state index in [0.717, 1.165) is 12.1 Å². The van der Waals surface area contributed by atoms with Gasteiger partial charge < -0.3 is 5.73 Å². The van der Waals surface area contributed by atoms with E-state index < -0.39 is 15.8 Å². The van der Waals surface area contributed by atoms with Crippen molar-refractivity contribution in [2.75, 3.05) is 10.5 Å². The van der Waals surface area contributed by atoms with Gasteiger partial charge in [0.2, 0.25) is 0 Å². The van der Waals surface area contributed by atoms with Crippen molar-refractivity contribution in [1.29, 1.82) is 5.26 Å². The Morgan fingerprint density at radius 2 is 1.95 bits per heavy atom. The Balaban J connectivity index is 2.45. The predicted molar refractivity (Wildman–Crippen MR) is 80.5 cm³/mol. The second-order valence-corrected chi connectivity index (χ2v) is 6.60. The first-order chi connectivity index (χ1) is 9.83. The van der Waals surface area contributed by atoms with Crippen molar-refractivity contribution in [3.63, 3.8) is 0 Å². The molecule has 3 N–H and O–H groups in total. The second-order valence-electron chi connectivity index (χ2n) is 4.10. The molecular formula is C13H9BrFN3O2S. The van der Waals surface area contributed by atoms with Gasteiger partial charge in [0.05, 0.1) is 11.3 Å². The smallest absolute Gasteiger partial charge is 0.263 e. The SMILES string of the molecule is N#Cc1cc(F)ccc1NS(=O)(=O)c1ccc(N)cc1Br. The molecule has 0 saturated heterocycles. The average molecular weight is 370 g/mol. The van der Waals surface area contributed by atoms with E-state index >= 15 is 0 Å². The molecule has 0 spiro atoms. The highest BCUT2D eigenvalue weighted by atomic mass is 79.9. The number of anilines is 2. The highest BCUT2D eigenvalue weighted by Crippen LogP contribution is 2.27. The van der Waals surface area contributed by atoms with Crippen LogP contribution >= 0.6 is 15.9 Å². The van der Waals surface area contributed by atoms with E-state index in [2.05, 4.69) is 20.7 Å². The number of sulfonamides is 1. The van der Waals surface area contributed by atoms with Crippen molar-refractivity contribution in [2.24, 2.45) is 0 Å². The topological polar surface area (TPSA) is 96.0 Å². The van der Waals surface area contributed by atoms with E-state index in [4.69, 9.17) is 11.0 Å². The predicted octanol–water partition coefficient (Wildman–Crippen LogP) is 2.84. The van der Waals surface area contributed by atoms with Crippen LogP contribution in [0.3, 0.4) is 0 Å². The average Bonchev–Trinajstić information content (AvgIpc) is 2.40. The molecule has 0 aliphatic rings. The van der Waals surface area contributed by atoms with Crippen LogP contribution in [-0.2, 0) is 10.0 Å². The molecule has 0 radical (unpaired) electrons. The molecule has 2 aromatic rings. The first kappa shape index (κ1) is 15.3. The third-order valence-electron chi connectivity index (χ3n) is 2.59. The van der Waals surface area contributed by atoms with E-state index in [-0.39, 0.29) is 20.6 Å². The number of hydrogen-bond donors (Lipinski definition) is 2. The minimum Gasteiger partial charge on any atom is -0.399 e. The third kappa shape index (κ3) is 3.32. The van der Waals surface area contributed by atoms with Gasteiger partial charge in [0, 0.05) is 10.2 Å². The number of hydrogen-bond acceptors (Lipinski definition) is 4. The summed E-state index contributed by atoms with van der Waals surface area (Å²) in [5, 5.41) is 8.92. The largest absolute Gasteiger partial charge is 0.399 e. The standard InChI is InChI=1S/C13H9BrFN3O2S/c14-11-6-10(17)2-4-13(11)21(19,20)18-12-3-1-9(15)5-8(12)7-16/h1-6,18H,17H2. The molecule has 0 aliphatic carbocycles. The van der Waals surface area contributed by atoms with Gasteiger partial charge in [0.25, 0.3) is 10.0 Å². The van der Waals surface area contributed by atoms with Crippen molar-refractivity contribution < 1.29 is 12.8 Å². The van der Waals surface area contributed by atoms with Crippen LogP contribution in [0, 0.1) is 17.1 Å². The lowest BCUT2D eigenvalue weighted by atomic mass is 10.2. The highest BCUT2D eigenvalue weighted by molar-refractivity contribution is 9.10. The van der Waals surface area contributed by atoms with Crippen LogP contribution < -0.4 is 10.5 Å². The molecule has 0 saturated carbocycles. The van der Waals surface area contributed by atoms with Crippen LogP contribution in [0.5, 0.6) is 0 Å². The van der Waals surface area contributed by atoms with Gasteiger partial charge in [-0.15, -0.1) is 0 Å². The lowest BCUT2D eigenvalue weighted by Gasteiger charge is -2.11. The van der Waals surface area contributed by atoms with Crippen LogP contribution in [0.2, 0.25) is 0 Å². The Morgan fingerprint density at radius 3 is 2.57 bits per heavy atom. The molecule has 0 fully saturated rings. The summed E-state index contributed by atoms with van der Waals surface area (Å²) in [5.41, 5.74) is 5.85. The van der Waals surface area contributed by atoms with E-state index in [0.29, 0.717) is 5.69 Å². The van der Waals surface area contributed by atoms with E-state index in [9.17, 15) is 12.8 Å². The van der Waals surface area contributed by atoms with Gasteiger partial charge in [-0.25, -0.2) is 12.8 Å². The Labute approximate surface area is 129 Å². The van der Waals surface area contributed by atoms with Gasteiger partial charge in [-0.3, -0.25) is 4.72 Å². The van der Waals surface area contributed by atoms with E-state index in [1.807, 2.05) is 0 Å². The number of nitriles is 1. The summed E-state index contributed by atoms with van der Waals surface area (Å²) in [4.78, 5) is -0.0371. The highest BCUT2D eigenvalue weighted by Gasteiger charge is 2.19. The Hall–Kier alpha value is -2.11. The number of nitrogen functional groups attached to an aromatic ring is 1. The van der Waals surface area contributed by atoms with Gasteiger partial charge in [0.1, 0.15) is 16.8 Å². The summed E-state index contributed by atoms with van der Waals surface area (Å²) in [6, 6.07) is 9.17. The molecular weight excluding hydrogens is 361 g/mol. The Bertz CT molecular complexity index is 847. The molecule has 2 aromatic carbocycles. The number of rotatable bonds is 3. The van der Waals surface area contributed by atoms with Crippen molar-refractivity contribution in [1.82, 2.24) is 0 Å². The van der Waals surface area contributed by atoms with Gasteiger partial charge >= 0.3 is 0 Å². The number of halogens is 2. The normalized spacial score (nSPS) is 10.9. The van der Waals surface area contributed by atoms with Crippen LogP contribution in [0.4, 0.5) is 15.8 Å². The number of benzene rings is 2. The molecule has 2 rings (SSSR count). The monoisotopic (exact) mass is 369 g/mol. The van der Waals surface area contributed by atoms with Gasteiger partial charge in [-0.2, -0.15) is 5.26 Å². The molecule has 5 nitrogen and oxygen atoms in total. The maximum Gasteiger partial charge on any atom is 0.263 e. The molecule has 108 valence electrons. The first-order valence-corrected chi connectivity index (χ1v) is 7.88. The number of nitrogens with two attached hydrogens (primary N) is 1. The maximum atomic E-state index is 13.0. The fraction of sp³-hybridized carbons (Fsp3) is 0. The Kier molecular flexibility index (Phi) is 4.16. The molecule has 0 heterocycles. The van der Waals surface area contributed by atoms with Crippen LogP contribution in [0.15, 0.2) is 45.8 Å². The zero-order valence-electron chi connectivity index (χ0n) is 10.5. The van der Waals surface area contributed by atoms with Crippen LogP contribution in [0.1, 0.15) is 5.56 Å². The second kappa shape index (κ2) is 5.71. The minimum atomic E-state index is -3.93. The molecule has 0 amide bonds. The molecule has 0 aliphatic heterocycles. The summed E-state index contributed by atoms with van der Waals surface area (Å²) >= 11 is 3.12. The van der Waals surface area contributed by atoms with Gasteiger partial charge in [0.15, 0.2) is 0 Å².